The molecule has 0 saturated carbocycles. The van der Waals surface area contributed by atoms with Crippen LogP contribution in [-0.2, 0) is 0 Å². The van der Waals surface area contributed by atoms with Crippen LogP contribution < -0.4 is 9.55 Å². The highest BCUT2D eigenvalue weighted by Gasteiger charge is 2.14. The van der Waals surface area contributed by atoms with E-state index >= 15 is 0 Å². The fourth-order valence-electron chi connectivity index (χ4n) is 3.14. The van der Waals surface area contributed by atoms with E-state index in [1.807, 2.05) is 42.5 Å². The SMILES string of the molecule is OB(O)Oc1ccc(N(c2ccccc2)c2ccc3ccccc3c2)cc1. The molecular formula is C22H18BNO3. The summed E-state index contributed by atoms with van der Waals surface area (Å²) in [6.07, 6.45) is 0. The van der Waals surface area contributed by atoms with E-state index in [0.717, 1.165) is 17.1 Å². The molecule has 0 heterocycles. The van der Waals surface area contributed by atoms with Crippen molar-refractivity contribution in [3.8, 4) is 5.75 Å². The first-order valence-electron chi connectivity index (χ1n) is 8.67. The molecule has 0 saturated heterocycles. The minimum Gasteiger partial charge on any atom is -0.512 e. The van der Waals surface area contributed by atoms with Crippen LogP contribution >= 0.6 is 0 Å². The highest BCUT2D eigenvalue weighted by atomic mass is 16.6. The van der Waals surface area contributed by atoms with Crippen molar-refractivity contribution >= 4 is 35.2 Å². The third kappa shape index (κ3) is 3.79. The number of benzene rings is 4. The molecule has 0 fully saturated rings. The maximum Gasteiger partial charge on any atom is 0.707 e. The van der Waals surface area contributed by atoms with E-state index in [0.29, 0.717) is 5.75 Å². The molecule has 0 unspecified atom stereocenters. The lowest BCUT2D eigenvalue weighted by molar-refractivity contribution is 0.288. The Morgan fingerprint density at radius 1 is 0.593 bits per heavy atom. The number of hydrogen-bond acceptors (Lipinski definition) is 4. The van der Waals surface area contributed by atoms with Gasteiger partial charge in [-0.1, -0.05) is 48.5 Å². The van der Waals surface area contributed by atoms with Gasteiger partial charge in [-0.3, -0.25) is 0 Å². The van der Waals surface area contributed by atoms with Crippen molar-refractivity contribution in [2.45, 2.75) is 0 Å². The summed E-state index contributed by atoms with van der Waals surface area (Å²) in [7, 11) is -1.83. The molecule has 4 aromatic rings. The van der Waals surface area contributed by atoms with Crippen LogP contribution in [0.5, 0.6) is 5.75 Å². The first-order chi connectivity index (χ1) is 13.2. The van der Waals surface area contributed by atoms with Crippen LogP contribution in [0, 0.1) is 0 Å². The maximum atomic E-state index is 8.96. The van der Waals surface area contributed by atoms with E-state index in [-0.39, 0.29) is 0 Å². The summed E-state index contributed by atoms with van der Waals surface area (Å²) in [5.41, 5.74) is 3.01. The predicted molar refractivity (Wildman–Crippen MR) is 109 cm³/mol. The average Bonchev–Trinajstić information content (AvgIpc) is 2.70. The zero-order valence-electron chi connectivity index (χ0n) is 14.6. The zero-order valence-corrected chi connectivity index (χ0v) is 14.6. The van der Waals surface area contributed by atoms with Crippen molar-refractivity contribution in [2.24, 2.45) is 0 Å². The Morgan fingerprint density at radius 2 is 1.19 bits per heavy atom. The molecule has 2 N–H and O–H groups in total. The number of anilines is 3. The molecule has 4 rings (SSSR count). The van der Waals surface area contributed by atoms with Crippen molar-refractivity contribution in [3.05, 3.63) is 97.1 Å². The Labute approximate surface area is 158 Å². The summed E-state index contributed by atoms with van der Waals surface area (Å²) in [6, 6.07) is 31.9. The van der Waals surface area contributed by atoms with Gasteiger partial charge in [0, 0.05) is 17.1 Å². The Balaban J connectivity index is 1.79. The quantitative estimate of drug-likeness (QED) is 0.512. The highest BCUT2D eigenvalue weighted by Crippen LogP contribution is 2.36. The molecule has 27 heavy (non-hydrogen) atoms. The number of hydrogen-bond donors (Lipinski definition) is 2. The van der Waals surface area contributed by atoms with E-state index in [1.165, 1.54) is 10.8 Å². The fraction of sp³-hybridized carbons (Fsp3) is 0. The van der Waals surface area contributed by atoms with Gasteiger partial charge in [0.25, 0.3) is 0 Å². The lowest BCUT2D eigenvalue weighted by Crippen LogP contribution is -2.20. The second-order valence-electron chi connectivity index (χ2n) is 6.14. The molecule has 0 radical (unpaired) electrons. The summed E-state index contributed by atoms with van der Waals surface area (Å²) >= 11 is 0. The van der Waals surface area contributed by atoms with Crippen LogP contribution in [0.1, 0.15) is 0 Å². The molecule has 132 valence electrons. The van der Waals surface area contributed by atoms with Gasteiger partial charge in [-0.25, -0.2) is 0 Å². The molecule has 0 atom stereocenters. The Morgan fingerprint density at radius 3 is 1.89 bits per heavy atom. The molecule has 4 nitrogen and oxygen atoms in total. The van der Waals surface area contributed by atoms with Crippen LogP contribution in [0.4, 0.5) is 17.1 Å². The van der Waals surface area contributed by atoms with Crippen LogP contribution in [-0.4, -0.2) is 17.4 Å². The van der Waals surface area contributed by atoms with Gasteiger partial charge < -0.3 is 19.6 Å². The maximum absolute atomic E-state index is 8.96. The van der Waals surface area contributed by atoms with Gasteiger partial charge in [0.2, 0.25) is 0 Å². The van der Waals surface area contributed by atoms with E-state index < -0.39 is 7.32 Å². The minimum absolute atomic E-state index is 0.389. The number of para-hydroxylation sites is 1. The second kappa shape index (κ2) is 7.54. The van der Waals surface area contributed by atoms with Crippen molar-refractivity contribution in [2.75, 3.05) is 4.90 Å². The number of nitrogens with zero attached hydrogens (tertiary/aromatic N) is 1. The second-order valence-corrected chi connectivity index (χ2v) is 6.14. The molecule has 0 aliphatic heterocycles. The Kier molecular flexibility index (Phi) is 4.79. The molecule has 5 heteroatoms. The summed E-state index contributed by atoms with van der Waals surface area (Å²) in [5.74, 6) is 0.389. The van der Waals surface area contributed by atoms with Crippen molar-refractivity contribution in [1.29, 1.82) is 0 Å². The van der Waals surface area contributed by atoms with Gasteiger partial charge in [0.05, 0.1) is 0 Å². The van der Waals surface area contributed by atoms with Gasteiger partial charge in [0.15, 0.2) is 0 Å². The molecule has 0 aliphatic carbocycles. The van der Waals surface area contributed by atoms with Crippen molar-refractivity contribution < 1.29 is 14.7 Å². The third-order valence-corrected chi connectivity index (χ3v) is 4.34. The van der Waals surface area contributed by atoms with Crippen LogP contribution in [0.2, 0.25) is 0 Å². The topological polar surface area (TPSA) is 52.9 Å². The van der Waals surface area contributed by atoms with Gasteiger partial charge in [-0.2, -0.15) is 0 Å². The third-order valence-electron chi connectivity index (χ3n) is 4.34. The van der Waals surface area contributed by atoms with Crippen LogP contribution in [0.3, 0.4) is 0 Å². The lowest BCUT2D eigenvalue weighted by Gasteiger charge is -2.26. The normalized spacial score (nSPS) is 10.6. The molecule has 0 aromatic heterocycles. The summed E-state index contributed by atoms with van der Waals surface area (Å²) < 4.78 is 4.91. The minimum atomic E-state index is -1.83. The summed E-state index contributed by atoms with van der Waals surface area (Å²) in [4.78, 5) is 2.14. The van der Waals surface area contributed by atoms with Gasteiger partial charge >= 0.3 is 7.32 Å². The van der Waals surface area contributed by atoms with Gasteiger partial charge in [-0.05, 0) is 59.3 Å². The van der Waals surface area contributed by atoms with E-state index in [9.17, 15) is 0 Å². The molecular weight excluding hydrogens is 337 g/mol. The van der Waals surface area contributed by atoms with Crippen molar-refractivity contribution in [1.82, 2.24) is 0 Å². The molecule has 0 aliphatic rings. The predicted octanol–water partition coefficient (Wildman–Crippen LogP) is 4.66. The van der Waals surface area contributed by atoms with E-state index in [2.05, 4.69) is 47.4 Å². The average molecular weight is 355 g/mol. The highest BCUT2D eigenvalue weighted by molar-refractivity contribution is 6.33. The van der Waals surface area contributed by atoms with Crippen LogP contribution in [0.15, 0.2) is 97.1 Å². The number of rotatable bonds is 5. The van der Waals surface area contributed by atoms with Crippen molar-refractivity contribution in [3.63, 3.8) is 0 Å². The fourth-order valence-corrected chi connectivity index (χ4v) is 3.14. The lowest BCUT2D eigenvalue weighted by atomic mass is 10.1. The first kappa shape index (κ1) is 17.2. The standard InChI is InChI=1S/C22H18BNO3/c25-23(26)27-22-14-12-20(13-15-22)24(19-8-2-1-3-9-19)21-11-10-17-6-4-5-7-18(17)16-21/h1-16,25-26H. The van der Waals surface area contributed by atoms with Gasteiger partial charge in [0.1, 0.15) is 5.75 Å². The molecule has 0 spiro atoms. The summed E-state index contributed by atoms with van der Waals surface area (Å²) in [6.45, 7) is 0. The Bertz CT molecular complexity index is 1040. The van der Waals surface area contributed by atoms with Crippen LogP contribution in [0.25, 0.3) is 10.8 Å². The monoisotopic (exact) mass is 355 g/mol. The molecule has 0 bridgehead atoms. The van der Waals surface area contributed by atoms with E-state index in [1.54, 1.807) is 12.1 Å². The zero-order chi connectivity index (χ0) is 18.6. The first-order valence-corrected chi connectivity index (χ1v) is 8.67. The smallest absolute Gasteiger partial charge is 0.512 e. The van der Waals surface area contributed by atoms with E-state index in [4.69, 9.17) is 14.7 Å². The van der Waals surface area contributed by atoms with Gasteiger partial charge in [-0.15, -0.1) is 0 Å². The summed E-state index contributed by atoms with van der Waals surface area (Å²) in [5, 5.41) is 20.3. The Hall–Kier alpha value is -3.28. The molecule has 0 amide bonds. The largest absolute Gasteiger partial charge is 0.707 e. The number of fused-ring (bicyclic) bond motifs is 1. The molecule has 4 aromatic carbocycles.